The highest BCUT2D eigenvalue weighted by atomic mass is 16.2. The topological polar surface area (TPSA) is 29.1 Å². The van der Waals surface area contributed by atoms with Crippen LogP contribution in [-0.2, 0) is 16.6 Å². The molecule has 0 aromatic heterocycles. The number of hydrogen-bond donors (Lipinski definition) is 1. The van der Waals surface area contributed by atoms with Crippen molar-refractivity contribution in [1.29, 1.82) is 0 Å². The lowest BCUT2D eigenvalue weighted by Crippen LogP contribution is -2.38. The molecule has 0 spiro atoms. The predicted molar refractivity (Wildman–Crippen MR) is 115 cm³/mol. The number of anilines is 1. The second-order valence-electron chi connectivity index (χ2n) is 7.54. The van der Waals surface area contributed by atoms with Crippen LogP contribution in [-0.4, -0.2) is 5.91 Å². The summed E-state index contributed by atoms with van der Waals surface area (Å²) in [4.78, 5) is 13.5. The van der Waals surface area contributed by atoms with Gasteiger partial charge in [-0.2, -0.15) is 0 Å². The summed E-state index contributed by atoms with van der Waals surface area (Å²) in [7, 11) is 0. The number of carbonyl (C=O) groups excluding carboxylic acids is 1. The highest BCUT2D eigenvalue weighted by molar-refractivity contribution is 6.09. The quantitative estimate of drug-likeness (QED) is 0.502. The van der Waals surface area contributed by atoms with Gasteiger partial charge in [0.2, 0.25) is 5.91 Å². The molecule has 0 saturated heterocycles. The van der Waals surface area contributed by atoms with Crippen molar-refractivity contribution in [2.75, 3.05) is 5.32 Å². The monoisotopic (exact) mass is 363 g/mol. The van der Waals surface area contributed by atoms with Gasteiger partial charge < -0.3 is 5.32 Å². The van der Waals surface area contributed by atoms with E-state index in [1.807, 2.05) is 30.3 Å². The van der Waals surface area contributed by atoms with Crippen molar-refractivity contribution < 1.29 is 4.79 Å². The zero-order chi connectivity index (χ0) is 19.1. The lowest BCUT2D eigenvalue weighted by atomic mass is 9.69. The van der Waals surface area contributed by atoms with Crippen LogP contribution in [0.1, 0.15) is 22.3 Å². The molecule has 2 nitrogen and oxygen atoms in total. The van der Waals surface area contributed by atoms with Crippen molar-refractivity contribution in [3.05, 3.63) is 113 Å². The molecule has 0 unspecified atom stereocenters. The molecular formula is C26H21NO. The average molecular weight is 363 g/mol. The maximum atomic E-state index is 13.5. The standard InChI is InChI=1S/C26H21NO/c1-18-9-2-5-14-22(18)26(23-15-6-7-16-24(23)27-25(26)28)17-20-12-8-11-19-10-3-4-13-21(19)20/h2-16H,17H2,1H3,(H,27,28)/t26-/m0/s1. The summed E-state index contributed by atoms with van der Waals surface area (Å²) in [5.41, 5.74) is 4.64. The third kappa shape index (κ3) is 2.38. The highest BCUT2D eigenvalue weighted by Gasteiger charge is 2.48. The molecule has 0 bridgehead atoms. The van der Waals surface area contributed by atoms with Gasteiger partial charge in [0.25, 0.3) is 0 Å². The zero-order valence-electron chi connectivity index (χ0n) is 15.8. The van der Waals surface area contributed by atoms with Crippen LogP contribution < -0.4 is 5.32 Å². The molecule has 0 radical (unpaired) electrons. The number of fused-ring (bicyclic) bond motifs is 2. The Morgan fingerprint density at radius 1 is 0.750 bits per heavy atom. The second kappa shape index (κ2) is 6.35. The van der Waals surface area contributed by atoms with E-state index < -0.39 is 5.41 Å². The molecule has 1 amide bonds. The average Bonchev–Trinajstić information content (AvgIpc) is 3.01. The molecule has 1 aliphatic rings. The summed E-state index contributed by atoms with van der Waals surface area (Å²) in [6, 6.07) is 31.1. The number of rotatable bonds is 3. The Balaban J connectivity index is 1.79. The summed E-state index contributed by atoms with van der Waals surface area (Å²) in [5, 5.41) is 5.55. The first-order chi connectivity index (χ1) is 13.7. The van der Waals surface area contributed by atoms with E-state index in [0.29, 0.717) is 6.42 Å². The number of carbonyl (C=O) groups is 1. The van der Waals surface area contributed by atoms with E-state index in [-0.39, 0.29) is 5.91 Å². The lowest BCUT2D eigenvalue weighted by molar-refractivity contribution is -0.119. The van der Waals surface area contributed by atoms with Crippen LogP contribution in [0.4, 0.5) is 5.69 Å². The molecule has 5 rings (SSSR count). The molecular weight excluding hydrogens is 342 g/mol. The van der Waals surface area contributed by atoms with Gasteiger partial charge in [0.15, 0.2) is 0 Å². The Hall–Kier alpha value is -3.39. The van der Waals surface area contributed by atoms with Crippen LogP contribution in [0.25, 0.3) is 10.8 Å². The molecule has 0 saturated carbocycles. The normalized spacial score (nSPS) is 18.1. The fourth-order valence-electron chi connectivity index (χ4n) is 4.64. The minimum absolute atomic E-state index is 0.0518. The van der Waals surface area contributed by atoms with Crippen molar-refractivity contribution in [2.45, 2.75) is 18.8 Å². The third-order valence-corrected chi connectivity index (χ3v) is 5.96. The smallest absolute Gasteiger partial charge is 0.239 e. The first-order valence-electron chi connectivity index (χ1n) is 9.64. The minimum atomic E-state index is -0.730. The Morgan fingerprint density at radius 2 is 1.43 bits per heavy atom. The van der Waals surface area contributed by atoms with Gasteiger partial charge in [-0.15, -0.1) is 0 Å². The molecule has 0 aliphatic carbocycles. The van der Waals surface area contributed by atoms with Gasteiger partial charge in [0.1, 0.15) is 5.41 Å². The molecule has 136 valence electrons. The van der Waals surface area contributed by atoms with E-state index in [2.05, 4.69) is 72.9 Å². The largest absolute Gasteiger partial charge is 0.325 e. The summed E-state index contributed by atoms with van der Waals surface area (Å²) in [6.07, 6.45) is 0.627. The van der Waals surface area contributed by atoms with Gasteiger partial charge in [-0.3, -0.25) is 4.79 Å². The number of para-hydroxylation sites is 1. The molecule has 1 N–H and O–H groups in total. The molecule has 4 aromatic rings. The minimum Gasteiger partial charge on any atom is -0.325 e. The van der Waals surface area contributed by atoms with E-state index in [1.54, 1.807) is 0 Å². The fraction of sp³-hybridized carbons (Fsp3) is 0.115. The van der Waals surface area contributed by atoms with Crippen LogP contribution in [0.5, 0.6) is 0 Å². The van der Waals surface area contributed by atoms with E-state index in [0.717, 1.165) is 22.4 Å². The van der Waals surface area contributed by atoms with Crippen molar-refractivity contribution >= 4 is 22.4 Å². The molecule has 4 aromatic carbocycles. The van der Waals surface area contributed by atoms with Gasteiger partial charge in [-0.1, -0.05) is 84.9 Å². The SMILES string of the molecule is Cc1ccccc1[C@]1(Cc2cccc3ccccc23)C(=O)Nc2ccccc21. The third-order valence-electron chi connectivity index (χ3n) is 5.96. The number of amides is 1. The highest BCUT2D eigenvalue weighted by Crippen LogP contribution is 2.46. The van der Waals surface area contributed by atoms with Crippen LogP contribution in [0.3, 0.4) is 0 Å². The first-order valence-corrected chi connectivity index (χ1v) is 9.64. The van der Waals surface area contributed by atoms with Crippen LogP contribution in [0.15, 0.2) is 91.0 Å². The predicted octanol–water partition coefficient (Wildman–Crippen LogP) is 5.63. The summed E-state index contributed by atoms with van der Waals surface area (Å²) >= 11 is 0. The van der Waals surface area contributed by atoms with Gasteiger partial charge in [-0.25, -0.2) is 0 Å². The van der Waals surface area contributed by atoms with Crippen LogP contribution >= 0.6 is 0 Å². The van der Waals surface area contributed by atoms with Gasteiger partial charge in [0, 0.05) is 5.69 Å². The Morgan fingerprint density at radius 3 is 2.29 bits per heavy atom. The van der Waals surface area contributed by atoms with E-state index >= 15 is 0 Å². The van der Waals surface area contributed by atoms with E-state index in [9.17, 15) is 4.79 Å². The lowest BCUT2D eigenvalue weighted by Gasteiger charge is -2.30. The van der Waals surface area contributed by atoms with Crippen molar-refractivity contribution in [2.24, 2.45) is 0 Å². The number of aryl methyl sites for hydroxylation is 1. The second-order valence-corrected chi connectivity index (χ2v) is 7.54. The summed E-state index contributed by atoms with van der Waals surface area (Å²) < 4.78 is 0. The zero-order valence-corrected chi connectivity index (χ0v) is 15.8. The Kier molecular flexibility index (Phi) is 3.80. The van der Waals surface area contributed by atoms with E-state index in [1.165, 1.54) is 16.3 Å². The molecule has 1 atom stereocenters. The van der Waals surface area contributed by atoms with Crippen LogP contribution in [0, 0.1) is 6.92 Å². The fourth-order valence-corrected chi connectivity index (χ4v) is 4.64. The molecule has 0 fully saturated rings. The molecule has 1 aliphatic heterocycles. The van der Waals surface area contributed by atoms with Crippen molar-refractivity contribution in [3.63, 3.8) is 0 Å². The van der Waals surface area contributed by atoms with Crippen molar-refractivity contribution in [3.8, 4) is 0 Å². The van der Waals surface area contributed by atoms with Gasteiger partial charge >= 0.3 is 0 Å². The maximum absolute atomic E-state index is 13.5. The summed E-state index contributed by atoms with van der Waals surface area (Å²) in [6.45, 7) is 2.09. The first kappa shape index (κ1) is 16.8. The van der Waals surface area contributed by atoms with Crippen LogP contribution in [0.2, 0.25) is 0 Å². The number of nitrogens with one attached hydrogen (secondary N) is 1. The number of benzene rings is 4. The van der Waals surface area contributed by atoms with Crippen molar-refractivity contribution in [1.82, 2.24) is 0 Å². The Labute approximate surface area is 164 Å². The Bertz CT molecular complexity index is 1200. The number of hydrogen-bond acceptors (Lipinski definition) is 1. The van der Waals surface area contributed by atoms with Gasteiger partial charge in [-0.05, 0) is 52.4 Å². The maximum Gasteiger partial charge on any atom is 0.239 e. The molecule has 1 heterocycles. The van der Waals surface area contributed by atoms with Gasteiger partial charge in [0.05, 0.1) is 0 Å². The molecule has 28 heavy (non-hydrogen) atoms. The molecule has 2 heteroatoms. The van der Waals surface area contributed by atoms with E-state index in [4.69, 9.17) is 0 Å². The summed E-state index contributed by atoms with van der Waals surface area (Å²) in [5.74, 6) is 0.0518.